The van der Waals surface area contributed by atoms with Crippen molar-refractivity contribution in [1.29, 1.82) is 0 Å². The molecule has 0 spiro atoms. The Morgan fingerprint density at radius 1 is 1.02 bits per heavy atom. The number of esters is 1. The van der Waals surface area contributed by atoms with Crippen LogP contribution in [0, 0.1) is 41.4 Å². The largest absolute Gasteiger partial charge is 0.462 e. The van der Waals surface area contributed by atoms with Crippen molar-refractivity contribution in [3.8, 4) is 0 Å². The van der Waals surface area contributed by atoms with Gasteiger partial charge in [-0.25, -0.2) is 4.79 Å². The predicted molar refractivity (Wildman–Crippen MR) is 200 cm³/mol. The molecule has 0 bridgehead atoms. The fourth-order valence-corrected chi connectivity index (χ4v) is 7.99. The first-order valence-corrected chi connectivity index (χ1v) is 20.9. The van der Waals surface area contributed by atoms with Crippen LogP contribution in [0.25, 0.3) is 0 Å². The first-order valence-electron chi connectivity index (χ1n) is 18.0. The molecule has 5 N–H and O–H groups in total. The first-order chi connectivity index (χ1) is 22.4. The zero-order chi connectivity index (χ0) is 38.0. The van der Waals surface area contributed by atoms with Crippen molar-refractivity contribution in [3.63, 3.8) is 0 Å². The zero-order valence-electron chi connectivity index (χ0n) is 32.6. The molecule has 1 amide bonds. The Morgan fingerprint density at radius 2 is 1.59 bits per heavy atom. The van der Waals surface area contributed by atoms with Gasteiger partial charge in [-0.05, 0) is 56.2 Å². The topological polar surface area (TPSA) is 149 Å². The third-order valence-electron chi connectivity index (χ3n) is 10.8. The molecule has 10 heteroatoms. The van der Waals surface area contributed by atoms with Gasteiger partial charge >= 0.3 is 12.1 Å². The Morgan fingerprint density at radius 3 is 2.12 bits per heavy atom. The summed E-state index contributed by atoms with van der Waals surface area (Å²) >= 11 is 0. The van der Waals surface area contributed by atoms with Crippen LogP contribution in [0.5, 0.6) is 0 Å². The van der Waals surface area contributed by atoms with Crippen molar-refractivity contribution >= 4 is 20.4 Å². The van der Waals surface area contributed by atoms with E-state index >= 15 is 0 Å². The molecule has 1 rings (SSSR count). The quantitative estimate of drug-likeness (QED) is 0.0501. The summed E-state index contributed by atoms with van der Waals surface area (Å²) in [5, 5.41) is 32.7. The molecule has 0 aromatic rings. The summed E-state index contributed by atoms with van der Waals surface area (Å²) in [6.45, 7) is 30.4. The van der Waals surface area contributed by atoms with Crippen molar-refractivity contribution in [3.05, 3.63) is 48.6 Å². The monoisotopic (exact) mass is 707 g/mol. The Balaban J connectivity index is 3.18. The van der Waals surface area contributed by atoms with Crippen LogP contribution in [0.3, 0.4) is 0 Å². The molecular weight excluding hydrogens is 639 g/mol. The van der Waals surface area contributed by atoms with Gasteiger partial charge in [0.25, 0.3) is 0 Å². The normalized spacial score (nSPS) is 26.7. The lowest BCUT2D eigenvalue weighted by atomic mass is 9.81. The van der Waals surface area contributed by atoms with Crippen LogP contribution < -0.4 is 5.73 Å². The number of aliphatic hydroxyl groups is 3. The molecule has 1 unspecified atom stereocenters. The van der Waals surface area contributed by atoms with Crippen molar-refractivity contribution in [1.82, 2.24) is 0 Å². The zero-order valence-corrected chi connectivity index (χ0v) is 33.6. The second-order valence-electron chi connectivity index (χ2n) is 16.3. The maximum atomic E-state index is 12.2. The summed E-state index contributed by atoms with van der Waals surface area (Å²) in [6, 6.07) is 0. The molecule has 1 fully saturated rings. The number of hydrogen-bond acceptors (Lipinski definition) is 8. The smallest absolute Gasteiger partial charge is 0.404 e. The first kappa shape index (κ1) is 44.8. The molecule has 1 aliphatic rings. The average molecular weight is 708 g/mol. The van der Waals surface area contributed by atoms with Crippen molar-refractivity contribution in [2.24, 2.45) is 47.2 Å². The lowest BCUT2D eigenvalue weighted by molar-refractivity contribution is -0.179. The molecule has 1 aliphatic heterocycles. The highest BCUT2D eigenvalue weighted by Gasteiger charge is 2.42. The van der Waals surface area contributed by atoms with E-state index in [-0.39, 0.29) is 53.1 Å². The number of ether oxygens (including phenoxy) is 2. The number of amides is 1. The van der Waals surface area contributed by atoms with E-state index in [2.05, 4.69) is 67.3 Å². The third kappa shape index (κ3) is 13.4. The minimum atomic E-state index is -2.19. The lowest BCUT2D eigenvalue weighted by Crippen LogP contribution is -2.47. The number of allylic oxidation sites excluding steroid dienone is 3. The number of rotatable bonds is 18. The van der Waals surface area contributed by atoms with E-state index in [1.807, 2.05) is 39.8 Å². The third-order valence-corrected chi connectivity index (χ3v) is 15.3. The van der Waals surface area contributed by atoms with Crippen LogP contribution in [-0.2, 0) is 18.7 Å². The Hall–Kier alpha value is -2.24. The van der Waals surface area contributed by atoms with Crippen LogP contribution in [-0.4, -0.2) is 72.3 Å². The molecule has 0 radical (unpaired) electrons. The van der Waals surface area contributed by atoms with E-state index in [1.165, 1.54) is 0 Å². The Labute approximate surface area is 298 Å². The van der Waals surface area contributed by atoms with Crippen LogP contribution in [0.1, 0.15) is 89.0 Å². The van der Waals surface area contributed by atoms with Gasteiger partial charge < -0.3 is 35.0 Å². The summed E-state index contributed by atoms with van der Waals surface area (Å²) in [5.41, 5.74) is 6.49. The Bertz CT molecular complexity index is 1160. The number of cyclic esters (lactones) is 1. The fraction of sp³-hybridized carbons (Fsp3) is 0.744. The molecule has 0 aromatic carbocycles. The molecule has 1 heterocycles. The molecule has 1 saturated heterocycles. The minimum absolute atomic E-state index is 0.0120. The molecule has 13 atom stereocenters. The average Bonchev–Trinajstić information content (AvgIpc) is 2.99. The highest BCUT2D eigenvalue weighted by molar-refractivity contribution is 6.74. The van der Waals surface area contributed by atoms with Gasteiger partial charge in [-0.15, -0.1) is 0 Å². The van der Waals surface area contributed by atoms with E-state index in [1.54, 1.807) is 25.2 Å². The van der Waals surface area contributed by atoms with Gasteiger partial charge in [0.05, 0.1) is 30.3 Å². The van der Waals surface area contributed by atoms with E-state index in [0.29, 0.717) is 6.42 Å². The van der Waals surface area contributed by atoms with Gasteiger partial charge in [-0.3, -0.25) is 4.79 Å². The van der Waals surface area contributed by atoms with Crippen molar-refractivity contribution in [2.45, 2.75) is 144 Å². The van der Waals surface area contributed by atoms with Gasteiger partial charge in [-0.2, -0.15) is 0 Å². The summed E-state index contributed by atoms with van der Waals surface area (Å²) < 4.78 is 18.0. The summed E-state index contributed by atoms with van der Waals surface area (Å²) in [6.07, 6.45) is 7.47. The molecule has 282 valence electrons. The second kappa shape index (κ2) is 19.4. The summed E-state index contributed by atoms with van der Waals surface area (Å²) in [4.78, 5) is 23.9. The highest BCUT2D eigenvalue weighted by atomic mass is 28.4. The van der Waals surface area contributed by atoms with E-state index in [9.17, 15) is 24.9 Å². The van der Waals surface area contributed by atoms with Gasteiger partial charge in [-0.1, -0.05) is 111 Å². The number of primary amides is 1. The van der Waals surface area contributed by atoms with Gasteiger partial charge in [0, 0.05) is 24.2 Å². The molecule has 9 nitrogen and oxygen atoms in total. The number of carbonyl (C=O) groups excluding carboxylic acids is 2. The predicted octanol–water partition coefficient (Wildman–Crippen LogP) is 7.33. The van der Waals surface area contributed by atoms with Crippen molar-refractivity contribution < 1.29 is 38.8 Å². The number of aliphatic hydroxyl groups excluding tert-OH is 3. The molecular formula is C39H69NO8Si. The molecule has 0 aliphatic carbocycles. The fourth-order valence-electron chi connectivity index (χ4n) is 6.53. The van der Waals surface area contributed by atoms with Crippen molar-refractivity contribution in [2.75, 3.05) is 0 Å². The summed E-state index contributed by atoms with van der Waals surface area (Å²) in [7, 11) is -2.19. The molecule has 0 saturated carbocycles. The second-order valence-corrected chi connectivity index (χ2v) is 21.0. The van der Waals surface area contributed by atoms with Crippen LogP contribution in [0.4, 0.5) is 4.79 Å². The highest BCUT2D eigenvalue weighted by Crippen LogP contribution is 2.40. The lowest BCUT2D eigenvalue weighted by Gasteiger charge is -2.42. The van der Waals surface area contributed by atoms with Gasteiger partial charge in [0.15, 0.2) is 8.32 Å². The van der Waals surface area contributed by atoms with Crippen LogP contribution in [0.15, 0.2) is 48.6 Å². The maximum absolute atomic E-state index is 12.2. The standard InChI is InChI=1S/C39H69NO8Si/c1-15-16-17-24(3)36(47-38(40)45)29(8)33(42)26(5)20-23(2)21-27(6)35(48-49(13,14)39(10,11)12)25(4)18-19-31(41)22-32-28(7)34(43)30(9)37(44)46-32/h15-19,21,24-36,41-43H,1,20,22H2,2-14H3,(H2,40,45)/b17-16-,19-18-,23-21-/t24-,25-,26-,27-,28?,29-,30+,31+,32-,33+,34-,35-,36-/m0/s1. The van der Waals surface area contributed by atoms with Gasteiger partial charge in [0.1, 0.15) is 12.2 Å². The Kier molecular flexibility index (Phi) is 17.7. The summed E-state index contributed by atoms with van der Waals surface area (Å²) in [5.74, 6) is -2.01. The van der Waals surface area contributed by atoms with Gasteiger partial charge in [0.2, 0.25) is 0 Å². The van der Waals surface area contributed by atoms with Crippen LogP contribution >= 0.6 is 0 Å². The number of nitrogens with two attached hydrogens (primary N) is 1. The molecule has 0 aromatic heterocycles. The SMILES string of the molecule is C=C/C=C\[C@H](C)[C@H](OC(N)=O)[C@@H](C)[C@H](O)[C@@H](C)C/C(C)=C\[C@H](C)[C@@H](O[Si](C)(C)C(C)(C)C)[C@@H](C)/C=C\[C@@H](O)C[C@@H]1OC(=O)[C@H](C)[C@@H](O)C1C. The minimum Gasteiger partial charge on any atom is -0.462 e. The maximum Gasteiger partial charge on any atom is 0.404 e. The van der Waals surface area contributed by atoms with E-state index < -0.39 is 56.8 Å². The molecule has 49 heavy (non-hydrogen) atoms. The number of hydrogen-bond donors (Lipinski definition) is 4. The van der Waals surface area contributed by atoms with Crippen LogP contribution in [0.2, 0.25) is 18.1 Å². The van der Waals surface area contributed by atoms with E-state index in [0.717, 1.165) is 5.57 Å². The number of carbonyl (C=O) groups is 2. The van der Waals surface area contributed by atoms with E-state index in [4.69, 9.17) is 19.6 Å².